The molecule has 6 heteroatoms. The summed E-state index contributed by atoms with van der Waals surface area (Å²) in [6, 6.07) is 8.84. The minimum Gasteiger partial charge on any atom is -0.504 e. The topological polar surface area (TPSA) is 54.2 Å². The molecule has 0 spiro atoms. The van der Waals surface area contributed by atoms with Crippen molar-refractivity contribution in [3.63, 3.8) is 0 Å². The molecule has 0 aliphatic carbocycles. The van der Waals surface area contributed by atoms with Gasteiger partial charge in [-0.15, -0.1) is 5.11 Å². The first-order chi connectivity index (χ1) is 10.4. The minimum absolute atomic E-state index is 0.0292. The Labute approximate surface area is 146 Å². The molecule has 2 aromatic carbocycles. The molecule has 0 radical (unpaired) electrons. The van der Waals surface area contributed by atoms with E-state index in [1.54, 1.807) is 18.2 Å². The summed E-state index contributed by atoms with van der Waals surface area (Å²) in [5.41, 5.74) is 2.44. The number of aryl methyl sites for hydroxylation is 1. The molecule has 2 aromatic rings. The molecule has 0 bridgehead atoms. The van der Waals surface area contributed by atoms with Crippen molar-refractivity contribution < 1.29 is 9.84 Å². The van der Waals surface area contributed by atoms with Crippen LogP contribution in [0.25, 0.3) is 0 Å². The highest BCUT2D eigenvalue weighted by Crippen LogP contribution is 2.37. The second-order valence-corrected chi connectivity index (χ2v) is 6.80. The predicted molar refractivity (Wildman–Crippen MR) is 94.6 cm³/mol. The standard InChI is InChI=1S/C16H16Br2N2O2/c1-9(2)22-15-8-11(4-5-14(15)21)19-20-16-12(17)6-10(3)7-13(16)18/h4-9,21H,1-3H3. The third-order valence-corrected chi connectivity index (χ3v) is 3.94. The monoisotopic (exact) mass is 426 g/mol. The van der Waals surface area contributed by atoms with Gasteiger partial charge in [0.15, 0.2) is 11.5 Å². The van der Waals surface area contributed by atoms with E-state index in [1.165, 1.54) is 0 Å². The third kappa shape index (κ3) is 4.30. The number of benzene rings is 2. The summed E-state index contributed by atoms with van der Waals surface area (Å²) in [5.74, 6) is 0.485. The van der Waals surface area contributed by atoms with E-state index in [2.05, 4.69) is 42.1 Å². The summed E-state index contributed by atoms with van der Waals surface area (Å²) in [4.78, 5) is 0. The molecular weight excluding hydrogens is 412 g/mol. The number of hydrogen-bond donors (Lipinski definition) is 1. The molecule has 0 aromatic heterocycles. The van der Waals surface area contributed by atoms with E-state index in [9.17, 15) is 5.11 Å². The highest BCUT2D eigenvalue weighted by atomic mass is 79.9. The Bertz CT molecular complexity index is 692. The molecule has 116 valence electrons. The molecule has 0 unspecified atom stereocenters. The van der Waals surface area contributed by atoms with Crippen LogP contribution in [0.1, 0.15) is 19.4 Å². The summed E-state index contributed by atoms with van der Waals surface area (Å²) in [5, 5.41) is 18.2. The zero-order chi connectivity index (χ0) is 16.3. The van der Waals surface area contributed by atoms with Gasteiger partial charge >= 0.3 is 0 Å². The fourth-order valence-corrected chi connectivity index (χ4v) is 3.38. The van der Waals surface area contributed by atoms with E-state index in [0.29, 0.717) is 17.1 Å². The van der Waals surface area contributed by atoms with Gasteiger partial charge in [0.1, 0.15) is 5.69 Å². The van der Waals surface area contributed by atoms with Gasteiger partial charge < -0.3 is 9.84 Å². The van der Waals surface area contributed by atoms with Gasteiger partial charge in [-0.3, -0.25) is 0 Å². The van der Waals surface area contributed by atoms with Gasteiger partial charge in [0, 0.05) is 15.0 Å². The summed E-state index contributed by atoms with van der Waals surface area (Å²) >= 11 is 6.96. The molecule has 4 nitrogen and oxygen atoms in total. The molecule has 22 heavy (non-hydrogen) atoms. The molecule has 0 saturated carbocycles. The first-order valence-corrected chi connectivity index (χ1v) is 8.32. The molecule has 0 aliphatic heterocycles. The quantitative estimate of drug-likeness (QED) is 0.571. The second kappa shape index (κ2) is 7.24. The first-order valence-electron chi connectivity index (χ1n) is 6.74. The second-order valence-electron chi connectivity index (χ2n) is 5.10. The van der Waals surface area contributed by atoms with Crippen molar-refractivity contribution in [1.29, 1.82) is 0 Å². The van der Waals surface area contributed by atoms with Gasteiger partial charge in [-0.2, -0.15) is 5.11 Å². The largest absolute Gasteiger partial charge is 0.504 e. The fraction of sp³-hybridized carbons (Fsp3) is 0.250. The molecule has 0 aliphatic rings. The summed E-state index contributed by atoms with van der Waals surface area (Å²) in [6.45, 7) is 5.80. The Morgan fingerprint density at radius 1 is 1.05 bits per heavy atom. The van der Waals surface area contributed by atoms with Crippen molar-refractivity contribution >= 4 is 43.2 Å². The average molecular weight is 428 g/mol. The molecule has 0 amide bonds. The predicted octanol–water partition coefficient (Wildman–Crippen LogP) is 6.43. The Morgan fingerprint density at radius 3 is 2.27 bits per heavy atom. The maximum Gasteiger partial charge on any atom is 0.163 e. The number of azo groups is 1. The maximum absolute atomic E-state index is 9.78. The lowest BCUT2D eigenvalue weighted by atomic mass is 10.2. The van der Waals surface area contributed by atoms with Gasteiger partial charge in [0.25, 0.3) is 0 Å². The van der Waals surface area contributed by atoms with E-state index in [0.717, 1.165) is 14.5 Å². The molecule has 1 N–H and O–H groups in total. The van der Waals surface area contributed by atoms with Crippen molar-refractivity contribution in [3.8, 4) is 11.5 Å². The normalized spacial score (nSPS) is 11.4. The lowest BCUT2D eigenvalue weighted by Gasteiger charge is -2.11. The number of nitrogens with zero attached hydrogens (tertiary/aromatic N) is 2. The lowest BCUT2D eigenvalue weighted by molar-refractivity contribution is 0.232. The molecule has 0 atom stereocenters. The number of ether oxygens (including phenoxy) is 1. The van der Waals surface area contributed by atoms with Gasteiger partial charge in [0.05, 0.1) is 11.8 Å². The molecule has 0 fully saturated rings. The van der Waals surface area contributed by atoms with Crippen LogP contribution in [0.4, 0.5) is 11.4 Å². The molecule has 0 heterocycles. The highest BCUT2D eigenvalue weighted by molar-refractivity contribution is 9.11. The zero-order valence-corrected chi connectivity index (χ0v) is 15.6. The Morgan fingerprint density at radius 2 is 1.68 bits per heavy atom. The fourth-order valence-electron chi connectivity index (χ4n) is 1.81. The number of hydrogen-bond acceptors (Lipinski definition) is 4. The van der Waals surface area contributed by atoms with Gasteiger partial charge in [0.2, 0.25) is 0 Å². The van der Waals surface area contributed by atoms with Crippen LogP contribution in [0.3, 0.4) is 0 Å². The number of phenols is 1. The third-order valence-electron chi connectivity index (χ3n) is 2.73. The van der Waals surface area contributed by atoms with Crippen molar-refractivity contribution in [2.45, 2.75) is 26.9 Å². The van der Waals surface area contributed by atoms with Crippen LogP contribution in [0, 0.1) is 6.92 Å². The van der Waals surface area contributed by atoms with Gasteiger partial charge in [-0.1, -0.05) is 0 Å². The van der Waals surface area contributed by atoms with E-state index in [1.807, 2.05) is 32.9 Å². The van der Waals surface area contributed by atoms with Crippen LogP contribution >= 0.6 is 31.9 Å². The Kier molecular flexibility index (Phi) is 5.58. The number of phenolic OH excluding ortho intramolecular Hbond substituents is 1. The van der Waals surface area contributed by atoms with E-state index >= 15 is 0 Å². The summed E-state index contributed by atoms with van der Waals surface area (Å²) < 4.78 is 7.25. The highest BCUT2D eigenvalue weighted by Gasteiger charge is 2.08. The van der Waals surface area contributed by atoms with Crippen molar-refractivity contribution in [1.82, 2.24) is 0 Å². The van der Waals surface area contributed by atoms with Crippen molar-refractivity contribution in [3.05, 3.63) is 44.8 Å². The summed E-state index contributed by atoms with van der Waals surface area (Å²) in [7, 11) is 0. The van der Waals surface area contributed by atoms with Crippen molar-refractivity contribution in [2.24, 2.45) is 10.2 Å². The number of aromatic hydroxyl groups is 1. The van der Waals surface area contributed by atoms with E-state index < -0.39 is 0 Å². The van der Waals surface area contributed by atoms with Crippen molar-refractivity contribution in [2.75, 3.05) is 0 Å². The van der Waals surface area contributed by atoms with Crippen LogP contribution in [-0.4, -0.2) is 11.2 Å². The van der Waals surface area contributed by atoms with Crippen LogP contribution in [0.5, 0.6) is 11.5 Å². The first kappa shape index (κ1) is 17.0. The van der Waals surface area contributed by atoms with E-state index in [4.69, 9.17) is 4.74 Å². The Hall–Kier alpha value is -1.40. The van der Waals surface area contributed by atoms with Crippen LogP contribution < -0.4 is 4.74 Å². The smallest absolute Gasteiger partial charge is 0.163 e. The maximum atomic E-state index is 9.78. The van der Waals surface area contributed by atoms with E-state index in [-0.39, 0.29) is 11.9 Å². The molecular formula is C16H16Br2N2O2. The van der Waals surface area contributed by atoms with Crippen LogP contribution in [0.2, 0.25) is 0 Å². The SMILES string of the molecule is Cc1cc(Br)c(N=Nc2ccc(O)c(OC(C)C)c2)c(Br)c1. The van der Waals surface area contributed by atoms with Crippen LogP contribution in [0.15, 0.2) is 49.5 Å². The Balaban J connectivity index is 2.31. The van der Waals surface area contributed by atoms with Crippen LogP contribution in [-0.2, 0) is 0 Å². The molecule has 2 rings (SSSR count). The molecule has 0 saturated heterocycles. The average Bonchev–Trinajstić information content (AvgIpc) is 2.40. The lowest BCUT2D eigenvalue weighted by Crippen LogP contribution is -2.05. The zero-order valence-electron chi connectivity index (χ0n) is 12.5. The summed E-state index contributed by atoms with van der Waals surface area (Å²) in [6.07, 6.45) is -0.0292. The van der Waals surface area contributed by atoms with Gasteiger partial charge in [-0.05, 0) is 82.5 Å². The van der Waals surface area contributed by atoms with Gasteiger partial charge in [-0.25, -0.2) is 0 Å². The minimum atomic E-state index is -0.0292. The number of rotatable bonds is 4. The number of halogens is 2.